The minimum absolute atomic E-state index is 0.242. The summed E-state index contributed by atoms with van der Waals surface area (Å²) in [5.41, 5.74) is 2.71. The van der Waals surface area contributed by atoms with E-state index in [2.05, 4.69) is 25.2 Å². The van der Waals surface area contributed by atoms with Crippen molar-refractivity contribution in [2.45, 2.75) is 46.0 Å². The van der Waals surface area contributed by atoms with Gasteiger partial charge in [0.2, 0.25) is 0 Å². The molecule has 0 heterocycles. The highest BCUT2D eigenvalue weighted by atomic mass is 35.5. The lowest BCUT2D eigenvalue weighted by molar-refractivity contribution is 0.583. The first-order chi connectivity index (χ1) is 9.67. The highest BCUT2D eigenvalue weighted by Crippen LogP contribution is 2.35. The SMILES string of the molecule is CC=CC1CC=C(c2ccc(CCC)c(Cl)c2F)CC1. The molecule has 1 unspecified atom stereocenters. The quantitative estimate of drug-likeness (QED) is 0.580. The molecule has 1 aromatic carbocycles. The zero-order chi connectivity index (χ0) is 14.5. The molecule has 0 aliphatic heterocycles. The topological polar surface area (TPSA) is 0 Å². The lowest BCUT2D eigenvalue weighted by Crippen LogP contribution is -2.04. The minimum atomic E-state index is -0.242. The molecule has 0 amide bonds. The van der Waals surface area contributed by atoms with Crippen molar-refractivity contribution in [2.75, 3.05) is 0 Å². The Morgan fingerprint density at radius 2 is 2.20 bits per heavy atom. The molecule has 0 saturated carbocycles. The van der Waals surface area contributed by atoms with E-state index < -0.39 is 0 Å². The van der Waals surface area contributed by atoms with Crippen molar-refractivity contribution in [1.29, 1.82) is 0 Å². The maximum Gasteiger partial charge on any atom is 0.149 e. The van der Waals surface area contributed by atoms with E-state index in [0.717, 1.165) is 43.2 Å². The van der Waals surface area contributed by atoms with Crippen molar-refractivity contribution in [1.82, 2.24) is 0 Å². The largest absolute Gasteiger partial charge is 0.205 e. The fourth-order valence-electron chi connectivity index (χ4n) is 2.85. The number of halogens is 2. The molecule has 0 N–H and O–H groups in total. The molecule has 1 aromatic rings. The van der Waals surface area contributed by atoms with Crippen LogP contribution in [0.4, 0.5) is 4.39 Å². The van der Waals surface area contributed by atoms with Crippen molar-refractivity contribution < 1.29 is 4.39 Å². The van der Waals surface area contributed by atoms with Crippen LogP contribution in [0.25, 0.3) is 5.57 Å². The van der Waals surface area contributed by atoms with Gasteiger partial charge in [-0.05, 0) is 49.7 Å². The summed E-state index contributed by atoms with van der Waals surface area (Å²) >= 11 is 6.16. The van der Waals surface area contributed by atoms with Crippen LogP contribution in [0.5, 0.6) is 0 Å². The first-order valence-electron chi connectivity index (χ1n) is 7.46. The van der Waals surface area contributed by atoms with Crippen molar-refractivity contribution in [3.05, 3.63) is 52.3 Å². The van der Waals surface area contributed by atoms with Crippen LogP contribution < -0.4 is 0 Å². The summed E-state index contributed by atoms with van der Waals surface area (Å²) in [4.78, 5) is 0. The molecule has 2 rings (SSSR count). The number of rotatable bonds is 4. The van der Waals surface area contributed by atoms with Crippen LogP contribution in [0.15, 0.2) is 30.4 Å². The second kappa shape index (κ2) is 7.08. The molecule has 20 heavy (non-hydrogen) atoms. The monoisotopic (exact) mass is 292 g/mol. The third-order valence-corrected chi connectivity index (χ3v) is 4.35. The number of aryl methyl sites for hydroxylation is 1. The lowest BCUT2D eigenvalue weighted by atomic mass is 9.86. The molecular formula is C18H22ClF. The number of benzene rings is 1. The van der Waals surface area contributed by atoms with Crippen molar-refractivity contribution >= 4 is 17.2 Å². The molecule has 0 radical (unpaired) electrons. The molecule has 0 aromatic heterocycles. The maximum atomic E-state index is 14.4. The molecule has 1 atom stereocenters. The van der Waals surface area contributed by atoms with Crippen molar-refractivity contribution in [3.8, 4) is 0 Å². The van der Waals surface area contributed by atoms with Gasteiger partial charge in [-0.15, -0.1) is 0 Å². The molecule has 1 aliphatic carbocycles. The Bertz CT molecular complexity index is 528. The molecule has 0 spiro atoms. The van der Waals surface area contributed by atoms with Gasteiger partial charge in [0.15, 0.2) is 0 Å². The lowest BCUT2D eigenvalue weighted by Gasteiger charge is -2.20. The Balaban J connectivity index is 2.24. The van der Waals surface area contributed by atoms with Crippen LogP contribution in [0.2, 0.25) is 5.02 Å². The molecular weight excluding hydrogens is 271 g/mol. The van der Waals surface area contributed by atoms with Crippen LogP contribution >= 0.6 is 11.6 Å². The van der Waals surface area contributed by atoms with Gasteiger partial charge < -0.3 is 0 Å². The summed E-state index contributed by atoms with van der Waals surface area (Å²) in [5.74, 6) is 0.356. The molecule has 0 saturated heterocycles. The van der Waals surface area contributed by atoms with Crippen molar-refractivity contribution in [3.63, 3.8) is 0 Å². The summed E-state index contributed by atoms with van der Waals surface area (Å²) in [7, 11) is 0. The van der Waals surface area contributed by atoms with Crippen LogP contribution in [0.3, 0.4) is 0 Å². The Morgan fingerprint density at radius 3 is 2.80 bits per heavy atom. The number of allylic oxidation sites excluding steroid dienone is 4. The van der Waals surface area contributed by atoms with E-state index in [-0.39, 0.29) is 5.82 Å². The van der Waals surface area contributed by atoms with Gasteiger partial charge in [0.1, 0.15) is 5.82 Å². The Morgan fingerprint density at radius 1 is 1.40 bits per heavy atom. The molecule has 0 nitrogen and oxygen atoms in total. The van der Waals surface area contributed by atoms with E-state index in [1.165, 1.54) is 0 Å². The first-order valence-corrected chi connectivity index (χ1v) is 7.84. The second-order valence-electron chi connectivity index (χ2n) is 5.44. The van der Waals surface area contributed by atoms with Gasteiger partial charge >= 0.3 is 0 Å². The third-order valence-electron chi connectivity index (χ3n) is 3.94. The van der Waals surface area contributed by atoms with Gasteiger partial charge in [0.05, 0.1) is 5.02 Å². The maximum absolute atomic E-state index is 14.4. The summed E-state index contributed by atoms with van der Waals surface area (Å²) in [6.07, 6.45) is 11.3. The Labute approximate surface area is 126 Å². The van der Waals surface area contributed by atoms with E-state index in [4.69, 9.17) is 11.6 Å². The molecule has 0 fully saturated rings. The van der Waals surface area contributed by atoms with Gasteiger partial charge in [-0.1, -0.05) is 55.3 Å². The summed E-state index contributed by atoms with van der Waals surface area (Å²) in [5, 5.41) is 0.306. The van der Waals surface area contributed by atoms with Crippen LogP contribution in [0, 0.1) is 11.7 Å². The number of hydrogen-bond donors (Lipinski definition) is 0. The summed E-state index contributed by atoms with van der Waals surface area (Å²) in [6.45, 7) is 4.12. The Kier molecular flexibility index (Phi) is 5.42. The van der Waals surface area contributed by atoms with Crippen LogP contribution in [0.1, 0.15) is 50.7 Å². The number of hydrogen-bond acceptors (Lipinski definition) is 0. The average Bonchev–Trinajstić information content (AvgIpc) is 2.46. The Hall–Kier alpha value is -1.08. The van der Waals surface area contributed by atoms with E-state index in [0.29, 0.717) is 16.5 Å². The fraction of sp³-hybridized carbons (Fsp3) is 0.444. The van der Waals surface area contributed by atoms with E-state index in [9.17, 15) is 4.39 Å². The van der Waals surface area contributed by atoms with Gasteiger partial charge in [-0.3, -0.25) is 0 Å². The second-order valence-corrected chi connectivity index (χ2v) is 5.82. The van der Waals surface area contributed by atoms with Gasteiger partial charge in [-0.2, -0.15) is 0 Å². The van der Waals surface area contributed by atoms with Crippen molar-refractivity contribution in [2.24, 2.45) is 5.92 Å². The zero-order valence-corrected chi connectivity index (χ0v) is 13.0. The van der Waals surface area contributed by atoms with Crippen LogP contribution in [-0.2, 0) is 6.42 Å². The van der Waals surface area contributed by atoms with Crippen LogP contribution in [-0.4, -0.2) is 0 Å². The van der Waals surface area contributed by atoms with Gasteiger partial charge in [0, 0.05) is 5.56 Å². The first kappa shape index (κ1) is 15.3. The predicted octanol–water partition coefficient (Wildman–Crippen LogP) is 6.19. The van der Waals surface area contributed by atoms with E-state index in [1.54, 1.807) is 0 Å². The highest BCUT2D eigenvalue weighted by molar-refractivity contribution is 6.31. The van der Waals surface area contributed by atoms with Gasteiger partial charge in [0.25, 0.3) is 0 Å². The normalized spacial score (nSPS) is 19.4. The molecule has 1 aliphatic rings. The summed E-state index contributed by atoms with van der Waals surface area (Å²) < 4.78 is 14.4. The minimum Gasteiger partial charge on any atom is -0.205 e. The highest BCUT2D eigenvalue weighted by Gasteiger charge is 2.18. The van der Waals surface area contributed by atoms with E-state index in [1.807, 2.05) is 19.1 Å². The zero-order valence-electron chi connectivity index (χ0n) is 12.3. The third kappa shape index (κ3) is 3.32. The average molecular weight is 293 g/mol. The molecule has 108 valence electrons. The van der Waals surface area contributed by atoms with E-state index >= 15 is 0 Å². The fourth-order valence-corrected chi connectivity index (χ4v) is 3.11. The molecule has 0 bridgehead atoms. The molecule has 2 heteroatoms. The smallest absolute Gasteiger partial charge is 0.149 e. The summed E-state index contributed by atoms with van der Waals surface area (Å²) in [6, 6.07) is 3.87. The standard InChI is InChI=1S/C18H22ClF/c1-3-5-13-7-9-14(10-8-13)16-12-11-15(6-4-2)17(19)18(16)20/h3,5,9,11-13H,4,6-8,10H2,1-2H3. The predicted molar refractivity (Wildman–Crippen MR) is 85.5 cm³/mol. The van der Waals surface area contributed by atoms with Gasteiger partial charge in [-0.25, -0.2) is 4.39 Å².